The molecule has 2 saturated heterocycles. The van der Waals surface area contributed by atoms with Gasteiger partial charge < -0.3 is 34.5 Å². The molecule has 55 heavy (non-hydrogen) atoms. The van der Waals surface area contributed by atoms with E-state index in [2.05, 4.69) is 58.6 Å². The molecule has 13 nitrogen and oxygen atoms in total. The quantitative estimate of drug-likeness (QED) is 0.152. The maximum atomic E-state index is 13.1. The molecule has 4 aromatic rings. The topological polar surface area (TPSA) is 130 Å². The number of amides is 1. The van der Waals surface area contributed by atoms with Crippen LogP contribution in [0.2, 0.25) is 0 Å². The van der Waals surface area contributed by atoms with Crippen molar-refractivity contribution in [1.82, 2.24) is 29.5 Å². The van der Waals surface area contributed by atoms with Crippen LogP contribution in [-0.4, -0.2) is 106 Å². The van der Waals surface area contributed by atoms with Crippen LogP contribution in [0.1, 0.15) is 52.9 Å². The van der Waals surface area contributed by atoms with Crippen LogP contribution in [-0.2, 0) is 16.3 Å². The molecule has 1 amide bonds. The Hall–Kier alpha value is -4.13. The fraction of sp³-hybridized carbons (Fsp3) is 0.500. The minimum Gasteiger partial charge on any atom is -0.488 e. The zero-order chi connectivity index (χ0) is 38.9. The number of aryl methyl sites for hydroxylation is 1. The van der Waals surface area contributed by atoms with Gasteiger partial charge in [-0.15, -0.1) is 0 Å². The number of ether oxygens (including phenoxy) is 2. The fourth-order valence-electron chi connectivity index (χ4n) is 7.37. The summed E-state index contributed by atoms with van der Waals surface area (Å²) in [5.74, 6) is 1.71. The molecule has 2 aromatic heterocycles. The van der Waals surface area contributed by atoms with Crippen molar-refractivity contribution in [2.45, 2.75) is 70.6 Å². The number of piperazine rings is 1. The number of aromatic nitrogens is 4. The zero-order valence-corrected chi connectivity index (χ0v) is 35.2. The number of nitrogens with one attached hydrogen (secondary N) is 2. The normalized spacial score (nSPS) is 17.5. The highest BCUT2D eigenvalue weighted by Gasteiger charge is 2.32. The molecule has 0 unspecified atom stereocenters. The summed E-state index contributed by atoms with van der Waals surface area (Å²) in [7, 11) is -0.615. The van der Waals surface area contributed by atoms with Crippen LogP contribution >= 0.6 is 23.1 Å². The number of hydrogen-bond acceptors (Lipinski definition) is 11. The van der Waals surface area contributed by atoms with Gasteiger partial charge in [-0.1, -0.05) is 12.1 Å². The summed E-state index contributed by atoms with van der Waals surface area (Å²) >= 11 is 3.61. The van der Waals surface area contributed by atoms with Crippen molar-refractivity contribution in [1.29, 1.82) is 0 Å². The number of carbonyl (C=O) groups excluding carboxylic acids is 1. The number of hydrogen-bond donors (Lipinski definition) is 2. The Morgan fingerprint density at radius 1 is 0.945 bits per heavy atom. The maximum Gasteiger partial charge on any atom is 0.410 e. The van der Waals surface area contributed by atoms with Gasteiger partial charge in [0.2, 0.25) is 5.95 Å². The van der Waals surface area contributed by atoms with E-state index < -0.39 is 12.7 Å². The minimum atomic E-state index is -2.55. The van der Waals surface area contributed by atoms with E-state index in [0.717, 1.165) is 97.5 Å². The highest BCUT2D eigenvalue weighted by molar-refractivity contribution is 9.10. The number of piperidine rings is 1. The van der Waals surface area contributed by atoms with Crippen molar-refractivity contribution in [3.63, 3.8) is 0 Å². The third kappa shape index (κ3) is 9.47. The van der Waals surface area contributed by atoms with Gasteiger partial charge in [-0.2, -0.15) is 10.1 Å². The van der Waals surface area contributed by atoms with E-state index in [1.54, 1.807) is 19.5 Å². The van der Waals surface area contributed by atoms with Crippen LogP contribution in [0.5, 0.6) is 5.75 Å². The van der Waals surface area contributed by atoms with Gasteiger partial charge in [0.15, 0.2) is 0 Å². The van der Waals surface area contributed by atoms with Gasteiger partial charge in [-0.25, -0.2) is 9.78 Å². The molecule has 7 rings (SSSR count). The minimum absolute atomic E-state index is 0.154. The summed E-state index contributed by atoms with van der Waals surface area (Å²) < 4.78 is 27.9. The number of para-hydroxylation sites is 1. The average Bonchev–Trinajstić information content (AvgIpc) is 3.56. The number of carbonyl (C=O) groups is 1. The summed E-state index contributed by atoms with van der Waals surface area (Å²) in [5, 5.41) is 12.2. The summed E-state index contributed by atoms with van der Waals surface area (Å²) in [5.41, 5.74) is 4.19. The highest BCUT2D eigenvalue weighted by Crippen LogP contribution is 2.43. The molecule has 15 heteroatoms. The van der Waals surface area contributed by atoms with Gasteiger partial charge in [0, 0.05) is 92.9 Å². The van der Waals surface area contributed by atoms with Crippen LogP contribution in [0.3, 0.4) is 0 Å². The zero-order valence-electron chi connectivity index (χ0n) is 32.7. The molecule has 0 atom stereocenters. The Labute approximate surface area is 332 Å². The third-order valence-electron chi connectivity index (χ3n) is 10.5. The van der Waals surface area contributed by atoms with E-state index in [4.69, 9.17) is 14.5 Å². The second-order valence-corrected chi connectivity index (χ2v) is 20.2. The molecule has 2 aromatic carbocycles. The van der Waals surface area contributed by atoms with Crippen molar-refractivity contribution in [2.24, 2.45) is 7.05 Å². The predicted molar refractivity (Wildman–Crippen MR) is 223 cm³/mol. The molecular weight excluding hydrogens is 781 g/mol. The van der Waals surface area contributed by atoms with Crippen molar-refractivity contribution in [3.8, 4) is 16.9 Å². The SMILES string of the molecule is Cn1cc(-c2cc(Nc3ncc(Br)c(Nc4ccccc4P(C)(C)=O)n3)c(OC3CCC3)cc2N2CCC(N3CCN(C(=O)OC(C)(C)C)CC3)CC2)cn1. The van der Waals surface area contributed by atoms with Crippen LogP contribution in [0.4, 0.5) is 33.6 Å². The molecule has 2 N–H and O–H groups in total. The Morgan fingerprint density at radius 3 is 2.31 bits per heavy atom. The van der Waals surface area contributed by atoms with E-state index in [-0.39, 0.29) is 12.2 Å². The molecule has 0 spiro atoms. The summed E-state index contributed by atoms with van der Waals surface area (Å²) in [6, 6.07) is 12.4. The second kappa shape index (κ2) is 16.2. The van der Waals surface area contributed by atoms with Crippen LogP contribution in [0.25, 0.3) is 11.1 Å². The number of rotatable bonds is 10. The molecule has 3 fully saturated rings. The number of halogens is 1. The third-order valence-corrected chi connectivity index (χ3v) is 12.6. The van der Waals surface area contributed by atoms with E-state index in [1.807, 2.05) is 74.1 Å². The smallest absolute Gasteiger partial charge is 0.410 e. The first kappa shape index (κ1) is 39.1. The van der Waals surface area contributed by atoms with Gasteiger partial charge in [0.05, 0.1) is 28.1 Å². The van der Waals surface area contributed by atoms with Crippen molar-refractivity contribution in [3.05, 3.63) is 59.5 Å². The number of nitrogens with zero attached hydrogens (tertiary/aromatic N) is 7. The van der Waals surface area contributed by atoms with Crippen LogP contribution in [0.15, 0.2) is 59.5 Å². The lowest BCUT2D eigenvalue weighted by molar-refractivity contribution is 0.00901. The number of anilines is 5. The maximum absolute atomic E-state index is 13.1. The molecule has 3 aliphatic rings. The summed E-state index contributed by atoms with van der Waals surface area (Å²) in [4.78, 5) is 29.0. The summed E-state index contributed by atoms with van der Waals surface area (Å²) in [6.45, 7) is 14.1. The lowest BCUT2D eigenvalue weighted by Gasteiger charge is -2.43. The molecule has 0 radical (unpaired) electrons. The molecular formula is C40H53BrN9O4P. The standard InChI is InChI=1S/C40H53BrN9O4P/c1-40(2,3)54-39(51)50-20-18-48(19-21-50)28-14-16-49(17-15-28)34-23-35(53-29-10-9-11-29)33(22-30(34)27-24-43-47(4)26-27)45-38-42-25-31(41)37(46-38)44-32-12-7-8-13-36(32)55(5,6)52/h7-8,12-13,22-26,28-29H,9-11,14-21H2,1-6H3,(H2,42,44,45,46). The lowest BCUT2D eigenvalue weighted by Crippen LogP contribution is -2.55. The second-order valence-electron chi connectivity index (χ2n) is 16.2. The van der Waals surface area contributed by atoms with Gasteiger partial charge in [0.1, 0.15) is 24.3 Å². The predicted octanol–water partition coefficient (Wildman–Crippen LogP) is 7.83. The van der Waals surface area contributed by atoms with Gasteiger partial charge >= 0.3 is 6.09 Å². The lowest BCUT2D eigenvalue weighted by atomic mass is 9.95. The first-order valence-electron chi connectivity index (χ1n) is 19.2. The summed E-state index contributed by atoms with van der Waals surface area (Å²) in [6.07, 6.45) is 10.8. The molecule has 2 aliphatic heterocycles. The molecule has 1 saturated carbocycles. The Kier molecular flexibility index (Phi) is 11.5. The van der Waals surface area contributed by atoms with Gasteiger partial charge in [-0.3, -0.25) is 9.58 Å². The van der Waals surface area contributed by atoms with Crippen molar-refractivity contribution < 1.29 is 18.8 Å². The van der Waals surface area contributed by atoms with Gasteiger partial charge in [-0.05, 0) is 100 Å². The number of benzene rings is 2. The fourth-order valence-corrected chi connectivity index (χ4v) is 8.81. The van der Waals surface area contributed by atoms with E-state index in [9.17, 15) is 9.36 Å². The monoisotopic (exact) mass is 833 g/mol. The van der Waals surface area contributed by atoms with Crippen molar-refractivity contribution in [2.75, 3.05) is 68.1 Å². The average molecular weight is 835 g/mol. The van der Waals surface area contributed by atoms with E-state index in [0.29, 0.717) is 35.4 Å². The van der Waals surface area contributed by atoms with E-state index in [1.165, 1.54) is 0 Å². The first-order chi connectivity index (χ1) is 26.2. The molecule has 4 heterocycles. The molecule has 294 valence electrons. The van der Waals surface area contributed by atoms with Crippen LogP contribution < -0.4 is 25.6 Å². The Morgan fingerprint density at radius 2 is 1.67 bits per heavy atom. The van der Waals surface area contributed by atoms with Gasteiger partial charge in [0.25, 0.3) is 0 Å². The highest BCUT2D eigenvalue weighted by atomic mass is 79.9. The molecule has 0 bridgehead atoms. The largest absolute Gasteiger partial charge is 0.488 e. The Bertz CT molecular complexity index is 2040. The Balaban J connectivity index is 1.13. The first-order valence-corrected chi connectivity index (χ1v) is 22.6. The molecule has 1 aliphatic carbocycles. The van der Waals surface area contributed by atoms with Crippen LogP contribution in [0, 0.1) is 0 Å². The van der Waals surface area contributed by atoms with E-state index >= 15 is 0 Å². The van der Waals surface area contributed by atoms with Crippen molar-refractivity contribution >= 4 is 63.3 Å².